The molecule has 3 nitrogen and oxygen atoms in total. The van der Waals surface area contributed by atoms with Crippen molar-refractivity contribution in [2.75, 3.05) is 7.05 Å². The Bertz CT molecular complexity index is 433. The first-order valence-corrected chi connectivity index (χ1v) is 8.78. The Morgan fingerprint density at radius 2 is 1.90 bits per heavy atom. The van der Waals surface area contributed by atoms with Crippen LogP contribution in [0.4, 0.5) is 0 Å². The van der Waals surface area contributed by atoms with Gasteiger partial charge in [-0.2, -0.15) is 5.10 Å². The lowest BCUT2D eigenvalue weighted by atomic mass is 9.84. The Kier molecular flexibility index (Phi) is 5.67. The number of aryl methyl sites for hydroxylation is 2. The maximum absolute atomic E-state index is 4.60. The number of aromatic nitrogens is 2. The highest BCUT2D eigenvalue weighted by Crippen LogP contribution is 2.30. The monoisotopic (exact) mass is 341 g/mol. The van der Waals surface area contributed by atoms with Gasteiger partial charge in [0.25, 0.3) is 0 Å². The third-order valence-electron chi connectivity index (χ3n) is 4.87. The van der Waals surface area contributed by atoms with Gasteiger partial charge in [-0.1, -0.05) is 13.3 Å². The van der Waals surface area contributed by atoms with Crippen LogP contribution in [0.15, 0.2) is 4.47 Å². The van der Waals surface area contributed by atoms with Crippen LogP contribution in [0.3, 0.4) is 0 Å². The molecular weight excluding hydrogens is 314 g/mol. The average molecular weight is 342 g/mol. The molecule has 0 bridgehead atoms. The van der Waals surface area contributed by atoms with Gasteiger partial charge in [0.2, 0.25) is 0 Å². The molecule has 1 aliphatic carbocycles. The van der Waals surface area contributed by atoms with Crippen molar-refractivity contribution in [3.05, 3.63) is 15.9 Å². The van der Waals surface area contributed by atoms with E-state index in [-0.39, 0.29) is 0 Å². The number of nitrogens with zero attached hydrogens (tertiary/aromatic N) is 3. The summed E-state index contributed by atoms with van der Waals surface area (Å²) in [7, 11) is 2.27. The molecule has 0 spiro atoms. The first-order valence-electron chi connectivity index (χ1n) is 7.98. The standard InChI is InChI=1S/C16H28BrN3/c1-5-13-7-9-14(10-8-13)19(4)11-15-16(17)12(3)18-20(15)6-2/h13-14H,5-11H2,1-4H3. The molecule has 0 aliphatic heterocycles. The molecule has 1 aromatic rings. The molecule has 0 amide bonds. The Morgan fingerprint density at radius 1 is 1.25 bits per heavy atom. The summed E-state index contributed by atoms with van der Waals surface area (Å²) in [6, 6.07) is 0.741. The van der Waals surface area contributed by atoms with E-state index in [1.54, 1.807) is 0 Å². The van der Waals surface area contributed by atoms with Gasteiger partial charge in [-0.05, 0) is 68.4 Å². The quantitative estimate of drug-likeness (QED) is 0.792. The van der Waals surface area contributed by atoms with Crippen LogP contribution in [-0.4, -0.2) is 27.8 Å². The minimum absolute atomic E-state index is 0.741. The summed E-state index contributed by atoms with van der Waals surface area (Å²) in [5.74, 6) is 0.967. The van der Waals surface area contributed by atoms with E-state index < -0.39 is 0 Å². The second kappa shape index (κ2) is 7.08. The highest BCUT2D eigenvalue weighted by Gasteiger charge is 2.24. The molecule has 1 saturated carbocycles. The van der Waals surface area contributed by atoms with E-state index in [9.17, 15) is 0 Å². The van der Waals surface area contributed by atoms with Gasteiger partial charge in [-0.15, -0.1) is 0 Å². The van der Waals surface area contributed by atoms with Gasteiger partial charge in [0, 0.05) is 19.1 Å². The van der Waals surface area contributed by atoms with Crippen molar-refractivity contribution in [3.63, 3.8) is 0 Å². The van der Waals surface area contributed by atoms with Gasteiger partial charge in [-0.3, -0.25) is 9.58 Å². The molecule has 1 heterocycles. The molecule has 0 saturated heterocycles. The molecule has 0 radical (unpaired) electrons. The van der Waals surface area contributed by atoms with Gasteiger partial charge < -0.3 is 0 Å². The fourth-order valence-corrected chi connectivity index (χ4v) is 3.79. The summed E-state index contributed by atoms with van der Waals surface area (Å²) in [6.07, 6.45) is 6.86. The Labute approximate surface area is 131 Å². The van der Waals surface area contributed by atoms with Crippen molar-refractivity contribution in [1.82, 2.24) is 14.7 Å². The van der Waals surface area contributed by atoms with E-state index in [1.807, 2.05) is 0 Å². The van der Waals surface area contributed by atoms with Gasteiger partial charge in [0.05, 0.1) is 15.9 Å². The molecule has 1 fully saturated rings. The number of hydrogen-bond acceptors (Lipinski definition) is 2. The minimum atomic E-state index is 0.741. The van der Waals surface area contributed by atoms with Crippen LogP contribution in [0.1, 0.15) is 57.3 Å². The third-order valence-corrected chi connectivity index (χ3v) is 5.90. The van der Waals surface area contributed by atoms with Crippen LogP contribution < -0.4 is 0 Å². The van der Waals surface area contributed by atoms with Crippen molar-refractivity contribution in [1.29, 1.82) is 0 Å². The maximum Gasteiger partial charge on any atom is 0.0739 e. The second-order valence-corrected chi connectivity index (χ2v) is 6.95. The minimum Gasteiger partial charge on any atom is -0.298 e. The van der Waals surface area contributed by atoms with Crippen LogP contribution in [0.25, 0.3) is 0 Å². The molecule has 20 heavy (non-hydrogen) atoms. The normalized spacial score (nSPS) is 23.5. The van der Waals surface area contributed by atoms with E-state index in [0.29, 0.717) is 0 Å². The van der Waals surface area contributed by atoms with Crippen LogP contribution in [0, 0.1) is 12.8 Å². The Balaban J connectivity index is 2.00. The molecule has 114 valence electrons. The zero-order chi connectivity index (χ0) is 14.7. The molecular formula is C16H28BrN3. The van der Waals surface area contributed by atoms with Crippen molar-refractivity contribution >= 4 is 15.9 Å². The van der Waals surface area contributed by atoms with Gasteiger partial charge >= 0.3 is 0 Å². The van der Waals surface area contributed by atoms with Crippen molar-refractivity contribution in [2.24, 2.45) is 5.92 Å². The van der Waals surface area contributed by atoms with Gasteiger partial charge in [0.15, 0.2) is 0 Å². The predicted molar refractivity (Wildman–Crippen MR) is 87.8 cm³/mol. The highest BCUT2D eigenvalue weighted by atomic mass is 79.9. The van der Waals surface area contributed by atoms with Crippen molar-refractivity contribution < 1.29 is 0 Å². The molecule has 0 unspecified atom stereocenters. The van der Waals surface area contributed by atoms with Crippen molar-refractivity contribution in [2.45, 2.75) is 72.0 Å². The zero-order valence-corrected chi connectivity index (χ0v) is 14.9. The summed E-state index contributed by atoms with van der Waals surface area (Å²) in [6.45, 7) is 8.50. The summed E-state index contributed by atoms with van der Waals surface area (Å²) in [5.41, 5.74) is 2.43. The lowest BCUT2D eigenvalue weighted by Gasteiger charge is -2.34. The fourth-order valence-electron chi connectivity index (χ4n) is 3.38. The second-order valence-electron chi connectivity index (χ2n) is 6.16. The number of hydrogen-bond donors (Lipinski definition) is 0. The van der Waals surface area contributed by atoms with E-state index >= 15 is 0 Å². The first kappa shape index (κ1) is 16.0. The molecule has 0 atom stereocenters. The lowest BCUT2D eigenvalue weighted by molar-refractivity contribution is 0.154. The van der Waals surface area contributed by atoms with Gasteiger partial charge in [-0.25, -0.2) is 0 Å². The molecule has 0 aromatic carbocycles. The molecule has 0 N–H and O–H groups in total. The predicted octanol–water partition coefficient (Wildman–Crippen LogP) is 4.37. The average Bonchev–Trinajstić information content (AvgIpc) is 2.75. The van der Waals surface area contributed by atoms with Crippen LogP contribution in [0.5, 0.6) is 0 Å². The topological polar surface area (TPSA) is 21.1 Å². The van der Waals surface area contributed by atoms with Gasteiger partial charge in [0.1, 0.15) is 0 Å². The van der Waals surface area contributed by atoms with Crippen LogP contribution in [0.2, 0.25) is 0 Å². The third kappa shape index (κ3) is 3.45. The van der Waals surface area contributed by atoms with Crippen molar-refractivity contribution in [3.8, 4) is 0 Å². The van der Waals surface area contributed by atoms with E-state index in [1.165, 1.54) is 42.3 Å². The molecule has 1 aromatic heterocycles. The highest BCUT2D eigenvalue weighted by molar-refractivity contribution is 9.10. The summed E-state index contributed by atoms with van der Waals surface area (Å²) < 4.78 is 3.32. The largest absolute Gasteiger partial charge is 0.298 e. The summed E-state index contributed by atoms with van der Waals surface area (Å²) in [5, 5.41) is 4.60. The Hall–Kier alpha value is -0.350. The zero-order valence-electron chi connectivity index (χ0n) is 13.3. The lowest BCUT2D eigenvalue weighted by Crippen LogP contribution is -2.35. The van der Waals surface area contributed by atoms with E-state index in [4.69, 9.17) is 0 Å². The SMILES string of the molecule is CCC1CCC(N(C)Cc2c(Br)c(C)nn2CC)CC1. The fraction of sp³-hybridized carbons (Fsp3) is 0.812. The Morgan fingerprint density at radius 3 is 2.45 bits per heavy atom. The van der Waals surface area contributed by atoms with E-state index in [0.717, 1.165) is 30.7 Å². The smallest absolute Gasteiger partial charge is 0.0739 e. The number of halogens is 1. The maximum atomic E-state index is 4.60. The first-order chi connectivity index (χ1) is 9.56. The van der Waals surface area contributed by atoms with Crippen LogP contribution in [-0.2, 0) is 13.1 Å². The summed E-state index contributed by atoms with van der Waals surface area (Å²) in [4.78, 5) is 2.53. The molecule has 2 rings (SSSR count). The van der Waals surface area contributed by atoms with E-state index in [2.05, 4.69) is 58.4 Å². The van der Waals surface area contributed by atoms with Crippen LogP contribution >= 0.6 is 15.9 Å². The number of rotatable bonds is 5. The molecule has 1 aliphatic rings. The summed E-state index contributed by atoms with van der Waals surface area (Å²) >= 11 is 3.71. The molecule has 4 heteroatoms.